The first-order chi connectivity index (χ1) is 22.4. The number of nitrogens with zero attached hydrogens (tertiary/aromatic N) is 3. The smallest absolute Gasteiger partial charge is 0.257 e. The number of piperidine rings is 1. The molecule has 0 radical (unpaired) electrons. The normalized spacial score (nSPS) is 23.1. The van der Waals surface area contributed by atoms with Crippen LogP contribution in [0.4, 0.5) is 15.8 Å². The van der Waals surface area contributed by atoms with E-state index in [0.29, 0.717) is 43.5 Å². The van der Waals surface area contributed by atoms with Gasteiger partial charge in [-0.25, -0.2) is 4.39 Å². The van der Waals surface area contributed by atoms with Crippen LogP contribution in [-0.4, -0.2) is 63.5 Å². The summed E-state index contributed by atoms with van der Waals surface area (Å²) in [5.41, 5.74) is 3.89. The van der Waals surface area contributed by atoms with Gasteiger partial charge in [-0.2, -0.15) is 5.10 Å². The molecular weight excluding hydrogens is 585 g/mol. The van der Waals surface area contributed by atoms with Crippen LogP contribution >= 0.6 is 0 Å². The molecule has 0 bridgehead atoms. The van der Waals surface area contributed by atoms with Gasteiger partial charge < -0.3 is 25.4 Å². The van der Waals surface area contributed by atoms with Crippen molar-refractivity contribution in [3.63, 3.8) is 0 Å². The Morgan fingerprint density at radius 1 is 1.04 bits per heavy atom. The van der Waals surface area contributed by atoms with Crippen LogP contribution in [0.25, 0.3) is 10.9 Å². The van der Waals surface area contributed by atoms with Crippen LogP contribution in [0, 0.1) is 24.6 Å². The number of hydrogen-bond donors (Lipinski definition) is 3. The number of carbonyl (C=O) groups is 2. The van der Waals surface area contributed by atoms with Crippen molar-refractivity contribution < 1.29 is 23.8 Å². The molecule has 0 unspecified atom stereocenters. The second-order valence-corrected chi connectivity index (χ2v) is 12.9. The molecule has 4 aromatic rings. The first kappa shape index (κ1) is 30.4. The Morgan fingerprint density at radius 3 is 2.59 bits per heavy atom. The molecule has 240 valence electrons. The Balaban J connectivity index is 1.25. The van der Waals surface area contributed by atoms with Gasteiger partial charge in [0.1, 0.15) is 5.82 Å². The van der Waals surface area contributed by atoms with E-state index in [9.17, 15) is 14.7 Å². The molecule has 46 heavy (non-hydrogen) atoms. The third-order valence-electron chi connectivity index (χ3n) is 9.97. The van der Waals surface area contributed by atoms with E-state index in [0.717, 1.165) is 35.0 Å². The maximum atomic E-state index is 15.3. The summed E-state index contributed by atoms with van der Waals surface area (Å²) in [4.78, 5) is 30.5. The summed E-state index contributed by atoms with van der Waals surface area (Å²) in [5, 5.41) is 21.3. The highest BCUT2D eigenvalue weighted by Gasteiger charge is 2.51. The second-order valence-electron chi connectivity index (χ2n) is 12.9. The lowest BCUT2D eigenvalue weighted by Crippen LogP contribution is -2.55. The third-order valence-corrected chi connectivity index (χ3v) is 9.97. The molecule has 0 spiro atoms. The fraction of sp³-hybridized carbons (Fsp3) is 0.417. The monoisotopic (exact) mass is 625 g/mol. The molecule has 2 amide bonds. The lowest BCUT2D eigenvalue weighted by atomic mass is 9.76. The molecule has 10 heteroatoms. The molecule has 1 aliphatic carbocycles. The minimum Gasteiger partial charge on any atom is -0.394 e. The first-order valence-corrected chi connectivity index (χ1v) is 16.3. The van der Waals surface area contributed by atoms with Crippen molar-refractivity contribution >= 4 is 34.1 Å². The number of aromatic nitrogens is 2. The summed E-state index contributed by atoms with van der Waals surface area (Å²) >= 11 is 0. The predicted octanol–water partition coefficient (Wildman–Crippen LogP) is 5.69. The molecular formula is C36H40FN5O4. The number of hydrogen-bond acceptors (Lipinski definition) is 6. The summed E-state index contributed by atoms with van der Waals surface area (Å²) in [6, 6.07) is 17.8. The topological polar surface area (TPSA) is 109 Å². The quantitative estimate of drug-likeness (QED) is 0.232. The molecule has 3 heterocycles. The van der Waals surface area contributed by atoms with Crippen LogP contribution in [0.1, 0.15) is 59.6 Å². The molecule has 3 aliphatic rings. The lowest BCUT2D eigenvalue weighted by Gasteiger charge is -2.47. The van der Waals surface area contributed by atoms with Crippen LogP contribution < -0.4 is 10.6 Å². The molecule has 7 rings (SSSR count). The zero-order chi connectivity index (χ0) is 31.8. The molecule has 3 fully saturated rings. The maximum absolute atomic E-state index is 15.3. The highest BCUT2D eigenvalue weighted by molar-refractivity contribution is 5.99. The van der Waals surface area contributed by atoms with Crippen molar-refractivity contribution in [2.75, 3.05) is 30.5 Å². The van der Waals surface area contributed by atoms with Crippen LogP contribution in [-0.2, 0) is 16.1 Å². The van der Waals surface area contributed by atoms with Crippen LogP contribution in [0.2, 0.25) is 0 Å². The van der Waals surface area contributed by atoms with Crippen molar-refractivity contribution in [2.45, 2.75) is 63.7 Å². The molecule has 3 N–H and O–H groups in total. The van der Waals surface area contributed by atoms with E-state index >= 15 is 4.39 Å². The summed E-state index contributed by atoms with van der Waals surface area (Å²) in [5.74, 6) is -1.89. The molecule has 3 aromatic carbocycles. The number of aliphatic hydroxyl groups is 1. The van der Waals surface area contributed by atoms with E-state index < -0.39 is 23.7 Å². The van der Waals surface area contributed by atoms with Crippen molar-refractivity contribution in [1.82, 2.24) is 14.7 Å². The Hall–Kier alpha value is -4.28. The number of rotatable bonds is 8. The van der Waals surface area contributed by atoms with Crippen molar-refractivity contribution in [1.29, 1.82) is 0 Å². The molecule has 4 atom stereocenters. The minimum absolute atomic E-state index is 0.0243. The van der Waals surface area contributed by atoms with Gasteiger partial charge in [-0.3, -0.25) is 14.3 Å². The minimum atomic E-state index is -0.633. The Morgan fingerprint density at radius 2 is 1.83 bits per heavy atom. The molecule has 1 saturated carbocycles. The summed E-state index contributed by atoms with van der Waals surface area (Å²) in [6.07, 6.45) is 6.98. The van der Waals surface area contributed by atoms with Gasteiger partial charge in [0.15, 0.2) is 0 Å². The maximum Gasteiger partial charge on any atom is 0.257 e. The van der Waals surface area contributed by atoms with Gasteiger partial charge in [0.2, 0.25) is 5.91 Å². The third kappa shape index (κ3) is 5.76. The molecule has 1 aromatic heterocycles. The SMILES string of the molecule is Cc1cccc(F)c1C(=O)N1[C@@H]2COC[C@@H]2C[C@H](C(=O)Nc2ccc3c(cnn3CCO)c2)[C@@H]1c1ccc(NC2CCCC2)cc1. The number of likely N-dealkylation sites (tertiary alicyclic amines) is 1. The average molecular weight is 626 g/mol. The first-order valence-electron chi connectivity index (χ1n) is 16.3. The number of amides is 2. The van der Waals surface area contributed by atoms with Crippen LogP contribution in [0.3, 0.4) is 0 Å². The Labute approximate surface area is 267 Å². The summed E-state index contributed by atoms with van der Waals surface area (Å²) in [7, 11) is 0. The number of anilines is 2. The van der Waals surface area contributed by atoms with Gasteiger partial charge in [-0.15, -0.1) is 0 Å². The van der Waals surface area contributed by atoms with Gasteiger partial charge in [-0.05, 0) is 73.7 Å². The number of carbonyl (C=O) groups excluding carboxylic acids is 2. The lowest BCUT2D eigenvalue weighted by molar-refractivity contribution is -0.124. The summed E-state index contributed by atoms with van der Waals surface area (Å²) in [6.45, 7) is 2.86. The van der Waals surface area contributed by atoms with E-state index in [1.165, 1.54) is 18.9 Å². The van der Waals surface area contributed by atoms with E-state index in [1.807, 2.05) is 42.5 Å². The number of aliphatic hydroxyl groups excluding tert-OH is 1. The van der Waals surface area contributed by atoms with Crippen molar-refractivity contribution in [3.05, 3.63) is 89.4 Å². The van der Waals surface area contributed by atoms with E-state index in [1.54, 1.807) is 34.8 Å². The Kier molecular flexibility index (Phi) is 8.48. The van der Waals surface area contributed by atoms with Gasteiger partial charge in [-0.1, -0.05) is 37.1 Å². The van der Waals surface area contributed by atoms with E-state index in [2.05, 4.69) is 15.7 Å². The number of benzene rings is 3. The van der Waals surface area contributed by atoms with Gasteiger partial charge in [0, 0.05) is 28.7 Å². The predicted molar refractivity (Wildman–Crippen MR) is 174 cm³/mol. The molecule has 2 saturated heterocycles. The average Bonchev–Trinajstić information content (AvgIpc) is 3.82. The van der Waals surface area contributed by atoms with Crippen LogP contribution in [0.15, 0.2) is 66.9 Å². The van der Waals surface area contributed by atoms with Gasteiger partial charge in [0.05, 0.1) is 61.6 Å². The standard InChI is InChI=1S/C36H40FN5O4/c1-22-5-4-8-30(37)33(22)36(45)42-32-21-46-20-25(32)18-29(34(42)23-9-11-27(12-10-23)39-26-6-2-3-7-26)35(44)40-28-13-14-31-24(17-28)19-38-41(31)15-16-43/h4-5,8-14,17,19,25-26,29,32,34,39,43H,2-3,6-7,15-16,18,20-21H2,1H3,(H,40,44)/t25-,29-,32+,34-/m0/s1. The van der Waals surface area contributed by atoms with Crippen molar-refractivity contribution in [2.24, 2.45) is 11.8 Å². The molecule has 2 aliphatic heterocycles. The summed E-state index contributed by atoms with van der Waals surface area (Å²) < 4.78 is 22.9. The van der Waals surface area contributed by atoms with Gasteiger partial charge >= 0.3 is 0 Å². The Bertz CT molecular complexity index is 1710. The number of fused-ring (bicyclic) bond motifs is 2. The second kappa shape index (κ2) is 12.8. The highest BCUT2D eigenvalue weighted by Crippen LogP contribution is 2.46. The fourth-order valence-corrected chi connectivity index (χ4v) is 7.68. The fourth-order valence-electron chi connectivity index (χ4n) is 7.68. The van der Waals surface area contributed by atoms with Crippen LogP contribution in [0.5, 0.6) is 0 Å². The van der Waals surface area contributed by atoms with E-state index in [4.69, 9.17) is 4.74 Å². The largest absolute Gasteiger partial charge is 0.394 e. The van der Waals surface area contributed by atoms with E-state index in [-0.39, 0.29) is 30.0 Å². The number of aryl methyl sites for hydroxylation is 1. The molecule has 9 nitrogen and oxygen atoms in total. The number of halogens is 1. The zero-order valence-corrected chi connectivity index (χ0v) is 26.0. The highest BCUT2D eigenvalue weighted by atomic mass is 19.1. The number of nitrogens with one attached hydrogen (secondary N) is 2. The van der Waals surface area contributed by atoms with Crippen molar-refractivity contribution in [3.8, 4) is 0 Å². The zero-order valence-electron chi connectivity index (χ0n) is 26.0. The van der Waals surface area contributed by atoms with Gasteiger partial charge in [0.25, 0.3) is 5.91 Å². The number of ether oxygens (including phenoxy) is 1.